The van der Waals surface area contributed by atoms with Crippen LogP contribution >= 0.6 is 0 Å². The lowest BCUT2D eigenvalue weighted by Crippen LogP contribution is -1.89. The zero-order chi connectivity index (χ0) is 10.6. The second-order valence-corrected chi connectivity index (χ2v) is 2.68. The third kappa shape index (κ3) is 1.99. The number of hydrogen-bond acceptors (Lipinski definition) is 3. The fourth-order valence-corrected chi connectivity index (χ4v) is 1.15. The highest BCUT2D eigenvalue weighted by Crippen LogP contribution is 2.37. The molecule has 3 nitrogen and oxygen atoms in total. The molecule has 1 N–H and O–H groups in total. The Morgan fingerprint density at radius 2 is 1.71 bits per heavy atom. The molecule has 1 radical (unpaired) electrons. The lowest BCUT2D eigenvalue weighted by molar-refractivity contribution is 0.340. The van der Waals surface area contributed by atoms with Gasteiger partial charge in [0.2, 0.25) is 5.75 Å². The maximum Gasteiger partial charge on any atom is 0.200 e. The fraction of sp³-hybridized carbons (Fsp3) is 0.182. The molecule has 75 valence electrons. The molecule has 0 aliphatic rings. The largest absolute Gasteiger partial charge is 0.502 e. The van der Waals surface area contributed by atoms with Crippen molar-refractivity contribution in [2.75, 3.05) is 14.2 Å². The van der Waals surface area contributed by atoms with Gasteiger partial charge in [0.1, 0.15) is 0 Å². The van der Waals surface area contributed by atoms with Crippen molar-refractivity contribution >= 4 is 6.08 Å². The topological polar surface area (TPSA) is 38.7 Å². The monoisotopic (exact) mass is 193 g/mol. The molecule has 0 aliphatic carbocycles. The van der Waals surface area contributed by atoms with Gasteiger partial charge in [-0.15, -0.1) is 0 Å². The molecule has 1 rings (SSSR count). The van der Waals surface area contributed by atoms with Crippen LogP contribution in [0.4, 0.5) is 0 Å². The van der Waals surface area contributed by atoms with Gasteiger partial charge >= 0.3 is 0 Å². The number of allylic oxidation sites excluding steroid dienone is 1. The number of methoxy groups -OCH3 is 2. The molecule has 0 spiro atoms. The second kappa shape index (κ2) is 4.56. The van der Waals surface area contributed by atoms with Gasteiger partial charge in [0.15, 0.2) is 11.5 Å². The molecule has 0 aromatic heterocycles. The van der Waals surface area contributed by atoms with Gasteiger partial charge in [0, 0.05) is 0 Å². The van der Waals surface area contributed by atoms with Gasteiger partial charge in [-0.05, 0) is 24.6 Å². The third-order valence-corrected chi connectivity index (χ3v) is 1.81. The highest BCUT2D eigenvalue weighted by atomic mass is 16.5. The summed E-state index contributed by atoms with van der Waals surface area (Å²) >= 11 is 0. The number of phenols is 1. The summed E-state index contributed by atoms with van der Waals surface area (Å²) in [5.41, 5.74) is 0.867. The molecular formula is C11H13O3. The predicted octanol–water partition coefficient (Wildman–Crippen LogP) is 2.26. The molecule has 3 heteroatoms. The molecule has 0 heterocycles. The number of aromatic hydroxyl groups is 1. The van der Waals surface area contributed by atoms with Crippen molar-refractivity contribution in [1.82, 2.24) is 0 Å². The maximum absolute atomic E-state index is 9.59. The van der Waals surface area contributed by atoms with Gasteiger partial charge in [-0.1, -0.05) is 12.2 Å². The predicted molar refractivity (Wildman–Crippen MR) is 55.6 cm³/mol. The van der Waals surface area contributed by atoms with Crippen molar-refractivity contribution in [2.45, 2.75) is 0 Å². The standard InChI is InChI=1S/C11H13O3/c1-4-5-8-6-9(13-2)11(12)10(7-8)14-3/h4-7,12H,1H2,2-3H3/b5-4+. The second-order valence-electron chi connectivity index (χ2n) is 2.68. The molecule has 1 aromatic carbocycles. The van der Waals surface area contributed by atoms with Crippen molar-refractivity contribution in [2.24, 2.45) is 0 Å². The number of ether oxygens (including phenoxy) is 2. The van der Waals surface area contributed by atoms with Gasteiger partial charge in [0.05, 0.1) is 14.2 Å². The summed E-state index contributed by atoms with van der Waals surface area (Å²) in [5.74, 6) is 0.783. The van der Waals surface area contributed by atoms with Crippen molar-refractivity contribution < 1.29 is 14.6 Å². The van der Waals surface area contributed by atoms with E-state index in [1.807, 2.05) is 0 Å². The van der Waals surface area contributed by atoms with Gasteiger partial charge in [0.25, 0.3) is 0 Å². The summed E-state index contributed by atoms with van der Waals surface area (Å²) in [4.78, 5) is 0. The van der Waals surface area contributed by atoms with Crippen LogP contribution < -0.4 is 9.47 Å². The van der Waals surface area contributed by atoms with Crippen LogP contribution in [-0.4, -0.2) is 19.3 Å². The van der Waals surface area contributed by atoms with E-state index in [1.54, 1.807) is 24.3 Å². The van der Waals surface area contributed by atoms with Crippen LogP contribution in [0.3, 0.4) is 0 Å². The summed E-state index contributed by atoms with van der Waals surface area (Å²) in [7, 11) is 2.98. The average Bonchev–Trinajstić information content (AvgIpc) is 2.20. The Morgan fingerprint density at radius 3 is 2.07 bits per heavy atom. The van der Waals surface area contributed by atoms with Gasteiger partial charge in [-0.25, -0.2) is 0 Å². The Balaban J connectivity index is 3.24. The fourth-order valence-electron chi connectivity index (χ4n) is 1.15. The molecular weight excluding hydrogens is 180 g/mol. The van der Waals surface area contributed by atoms with E-state index in [0.717, 1.165) is 5.56 Å². The smallest absolute Gasteiger partial charge is 0.200 e. The van der Waals surface area contributed by atoms with Crippen molar-refractivity contribution in [3.63, 3.8) is 0 Å². The van der Waals surface area contributed by atoms with Crippen molar-refractivity contribution in [1.29, 1.82) is 0 Å². The highest BCUT2D eigenvalue weighted by Gasteiger charge is 2.09. The van der Waals surface area contributed by atoms with Crippen molar-refractivity contribution in [3.05, 3.63) is 30.7 Å². The molecule has 0 saturated carbocycles. The number of hydrogen-bond donors (Lipinski definition) is 1. The summed E-state index contributed by atoms with van der Waals surface area (Å²) in [6, 6.07) is 3.42. The number of rotatable bonds is 3. The summed E-state index contributed by atoms with van der Waals surface area (Å²) < 4.78 is 9.98. The molecule has 0 atom stereocenters. The van der Waals surface area contributed by atoms with Crippen molar-refractivity contribution in [3.8, 4) is 17.2 Å². The Hall–Kier alpha value is -1.64. The van der Waals surface area contributed by atoms with E-state index in [1.165, 1.54) is 14.2 Å². The lowest BCUT2D eigenvalue weighted by atomic mass is 10.1. The zero-order valence-electron chi connectivity index (χ0n) is 8.28. The quantitative estimate of drug-likeness (QED) is 0.800. The summed E-state index contributed by atoms with van der Waals surface area (Å²) in [6.07, 6.45) is 3.45. The Kier molecular flexibility index (Phi) is 3.40. The minimum absolute atomic E-state index is 0.0104. The van der Waals surface area contributed by atoms with E-state index in [9.17, 15) is 5.11 Å². The lowest BCUT2D eigenvalue weighted by Gasteiger charge is -2.09. The van der Waals surface area contributed by atoms with E-state index in [0.29, 0.717) is 11.5 Å². The Morgan fingerprint density at radius 1 is 1.21 bits per heavy atom. The van der Waals surface area contributed by atoms with Crippen LogP contribution in [0.25, 0.3) is 6.08 Å². The Labute approximate surface area is 83.6 Å². The number of phenolic OH excluding ortho intramolecular Hbond substituents is 1. The molecule has 0 aliphatic heterocycles. The van der Waals surface area contributed by atoms with Gasteiger partial charge in [-0.3, -0.25) is 0 Å². The van der Waals surface area contributed by atoms with E-state index >= 15 is 0 Å². The minimum Gasteiger partial charge on any atom is -0.502 e. The first-order valence-electron chi connectivity index (χ1n) is 4.13. The number of benzene rings is 1. The van der Waals surface area contributed by atoms with E-state index in [4.69, 9.17) is 9.47 Å². The molecule has 0 saturated heterocycles. The third-order valence-electron chi connectivity index (χ3n) is 1.81. The highest BCUT2D eigenvalue weighted by molar-refractivity contribution is 5.61. The zero-order valence-corrected chi connectivity index (χ0v) is 8.28. The molecule has 0 bridgehead atoms. The molecule has 0 fully saturated rings. The van der Waals surface area contributed by atoms with E-state index in [-0.39, 0.29) is 5.75 Å². The minimum atomic E-state index is 0.0104. The molecule has 1 aromatic rings. The van der Waals surface area contributed by atoms with Crippen LogP contribution in [0.1, 0.15) is 5.56 Å². The summed E-state index contributed by atoms with van der Waals surface area (Å²) in [6.45, 7) is 3.59. The SMILES string of the molecule is [CH2]/C=C/c1cc(OC)c(O)c(OC)c1. The van der Waals surface area contributed by atoms with Crippen LogP contribution in [0.2, 0.25) is 0 Å². The first-order valence-corrected chi connectivity index (χ1v) is 4.13. The molecule has 14 heavy (non-hydrogen) atoms. The maximum atomic E-state index is 9.59. The van der Waals surface area contributed by atoms with Crippen LogP contribution in [0.15, 0.2) is 18.2 Å². The first kappa shape index (κ1) is 10.4. The van der Waals surface area contributed by atoms with Gasteiger partial charge in [-0.2, -0.15) is 0 Å². The van der Waals surface area contributed by atoms with E-state index < -0.39 is 0 Å². The van der Waals surface area contributed by atoms with Crippen LogP contribution in [0, 0.1) is 6.92 Å². The van der Waals surface area contributed by atoms with Crippen LogP contribution in [0.5, 0.6) is 17.2 Å². The summed E-state index contributed by atoms with van der Waals surface area (Å²) in [5, 5.41) is 9.59. The molecule has 0 unspecified atom stereocenters. The average molecular weight is 193 g/mol. The first-order chi connectivity index (χ1) is 6.72. The van der Waals surface area contributed by atoms with E-state index in [2.05, 4.69) is 6.92 Å². The Bertz CT molecular complexity index is 317. The van der Waals surface area contributed by atoms with Crippen LogP contribution in [-0.2, 0) is 0 Å². The molecule has 0 amide bonds. The normalized spacial score (nSPS) is 10.5. The van der Waals surface area contributed by atoms with Gasteiger partial charge < -0.3 is 14.6 Å².